The zero-order valence-corrected chi connectivity index (χ0v) is 13.4. The van der Waals surface area contributed by atoms with Crippen molar-refractivity contribution in [1.29, 1.82) is 0 Å². The van der Waals surface area contributed by atoms with Gasteiger partial charge in [-0.3, -0.25) is 0 Å². The maximum atomic E-state index is 9.60. The van der Waals surface area contributed by atoms with Crippen LogP contribution in [-0.2, 0) is 0 Å². The van der Waals surface area contributed by atoms with Crippen LogP contribution in [0.4, 0.5) is 5.69 Å². The van der Waals surface area contributed by atoms with Crippen molar-refractivity contribution in [3.63, 3.8) is 0 Å². The second kappa shape index (κ2) is 6.91. The van der Waals surface area contributed by atoms with Crippen molar-refractivity contribution in [2.45, 2.75) is 25.8 Å². The Morgan fingerprint density at radius 1 is 0.950 bits per heavy atom. The predicted molar refractivity (Wildman–Crippen MR) is 88.1 cm³/mol. The van der Waals surface area contributed by atoms with Crippen molar-refractivity contribution in [3.05, 3.63) is 64.1 Å². The Morgan fingerprint density at radius 3 is 2.00 bits per heavy atom. The summed E-state index contributed by atoms with van der Waals surface area (Å²) in [7, 11) is 0. The largest absolute Gasteiger partial charge is 0.394 e. The number of nitrogens with one attached hydrogen (secondary N) is 1. The molecule has 2 nitrogen and oxygen atoms in total. The fraction of sp³-hybridized carbons (Fsp3) is 0.294. The van der Waals surface area contributed by atoms with E-state index in [0.29, 0.717) is 5.92 Å². The molecule has 0 spiro atoms. The van der Waals surface area contributed by atoms with Gasteiger partial charge in [0.25, 0.3) is 0 Å². The normalized spacial score (nSPS) is 12.4. The monoisotopic (exact) mass is 333 g/mol. The van der Waals surface area contributed by atoms with E-state index in [0.717, 1.165) is 15.7 Å². The topological polar surface area (TPSA) is 32.3 Å². The van der Waals surface area contributed by atoms with E-state index in [1.165, 1.54) is 5.56 Å². The Kier molecular flexibility index (Phi) is 5.21. The highest BCUT2D eigenvalue weighted by Crippen LogP contribution is 2.23. The average molecular weight is 334 g/mol. The van der Waals surface area contributed by atoms with Crippen LogP contribution in [0.2, 0.25) is 0 Å². The van der Waals surface area contributed by atoms with Gasteiger partial charge in [-0.2, -0.15) is 0 Å². The predicted octanol–water partition coefficient (Wildman–Crippen LogP) is 4.72. The number of halogens is 1. The van der Waals surface area contributed by atoms with Crippen LogP contribution in [0.25, 0.3) is 0 Å². The average Bonchev–Trinajstić information content (AvgIpc) is 2.47. The number of aliphatic hydroxyl groups excluding tert-OH is 1. The number of aliphatic hydroxyl groups is 1. The van der Waals surface area contributed by atoms with Crippen LogP contribution >= 0.6 is 15.9 Å². The first-order valence-electron chi connectivity index (χ1n) is 6.83. The molecule has 0 radical (unpaired) electrons. The van der Waals surface area contributed by atoms with Crippen molar-refractivity contribution >= 4 is 21.6 Å². The van der Waals surface area contributed by atoms with Crippen molar-refractivity contribution < 1.29 is 5.11 Å². The quantitative estimate of drug-likeness (QED) is 0.829. The fourth-order valence-electron chi connectivity index (χ4n) is 2.09. The maximum Gasteiger partial charge on any atom is 0.0745 e. The molecule has 0 fully saturated rings. The lowest BCUT2D eigenvalue weighted by molar-refractivity contribution is 0.276. The lowest BCUT2D eigenvalue weighted by Gasteiger charge is -2.19. The number of benzene rings is 2. The smallest absolute Gasteiger partial charge is 0.0745 e. The number of rotatable bonds is 5. The van der Waals surface area contributed by atoms with E-state index in [1.54, 1.807) is 0 Å². The number of hydrogen-bond acceptors (Lipinski definition) is 2. The van der Waals surface area contributed by atoms with Crippen LogP contribution in [0.5, 0.6) is 0 Å². The molecule has 0 aliphatic carbocycles. The summed E-state index contributed by atoms with van der Waals surface area (Å²) in [6.07, 6.45) is 0. The summed E-state index contributed by atoms with van der Waals surface area (Å²) in [5.41, 5.74) is 3.41. The zero-order valence-electron chi connectivity index (χ0n) is 11.8. The summed E-state index contributed by atoms with van der Waals surface area (Å²) in [6.45, 7) is 4.42. The van der Waals surface area contributed by atoms with E-state index in [1.807, 2.05) is 24.3 Å². The minimum absolute atomic E-state index is 0.0666. The Hall–Kier alpha value is -1.32. The van der Waals surface area contributed by atoms with Gasteiger partial charge in [-0.25, -0.2) is 0 Å². The molecule has 2 N–H and O–H groups in total. The summed E-state index contributed by atoms with van der Waals surface area (Å²) < 4.78 is 1.05. The van der Waals surface area contributed by atoms with E-state index in [9.17, 15) is 5.11 Å². The first kappa shape index (κ1) is 15.1. The highest BCUT2D eigenvalue weighted by Gasteiger charge is 2.10. The molecule has 0 aliphatic heterocycles. The third kappa shape index (κ3) is 3.84. The van der Waals surface area contributed by atoms with Gasteiger partial charge in [-0.1, -0.05) is 54.0 Å². The van der Waals surface area contributed by atoms with Gasteiger partial charge in [-0.15, -0.1) is 0 Å². The number of anilines is 1. The summed E-state index contributed by atoms with van der Waals surface area (Å²) in [5, 5.41) is 13.0. The molecule has 0 heterocycles. The molecule has 3 heteroatoms. The second-order valence-electron chi connectivity index (χ2n) is 5.21. The molecular formula is C17H20BrNO. The lowest BCUT2D eigenvalue weighted by atomic mass is 9.99. The Bertz CT molecular complexity index is 534. The first-order chi connectivity index (χ1) is 9.60. The van der Waals surface area contributed by atoms with Gasteiger partial charge in [0.1, 0.15) is 0 Å². The van der Waals surface area contributed by atoms with Crippen LogP contribution in [0, 0.1) is 0 Å². The van der Waals surface area contributed by atoms with Crippen LogP contribution in [0.1, 0.15) is 36.9 Å². The van der Waals surface area contributed by atoms with Gasteiger partial charge < -0.3 is 10.4 Å². The third-order valence-corrected chi connectivity index (χ3v) is 3.90. The molecular weight excluding hydrogens is 314 g/mol. The van der Waals surface area contributed by atoms with Crippen LogP contribution in [-0.4, -0.2) is 11.7 Å². The third-order valence-electron chi connectivity index (χ3n) is 3.37. The van der Waals surface area contributed by atoms with Crippen molar-refractivity contribution in [2.75, 3.05) is 11.9 Å². The standard InChI is InChI=1S/C17H20BrNO/c1-12(2)13-3-5-14(6-4-13)17(11-20)19-16-9-7-15(18)8-10-16/h3-10,12,17,19-20H,11H2,1-2H3. The first-order valence-corrected chi connectivity index (χ1v) is 7.62. The highest BCUT2D eigenvalue weighted by atomic mass is 79.9. The zero-order chi connectivity index (χ0) is 14.5. The minimum Gasteiger partial charge on any atom is -0.394 e. The summed E-state index contributed by atoms with van der Waals surface area (Å²) in [5.74, 6) is 0.524. The SMILES string of the molecule is CC(C)c1ccc(C(CO)Nc2ccc(Br)cc2)cc1. The Labute approximate surface area is 129 Å². The molecule has 0 saturated heterocycles. The maximum absolute atomic E-state index is 9.60. The van der Waals surface area contributed by atoms with Crippen molar-refractivity contribution in [2.24, 2.45) is 0 Å². The molecule has 0 aromatic heterocycles. The molecule has 0 bridgehead atoms. The molecule has 2 rings (SSSR count). The molecule has 0 saturated carbocycles. The van der Waals surface area contributed by atoms with Crippen LogP contribution in [0.3, 0.4) is 0 Å². The van der Waals surface area contributed by atoms with Gasteiger partial charge in [-0.05, 0) is 41.3 Å². The molecule has 0 aliphatic rings. The Balaban J connectivity index is 2.13. The number of hydrogen-bond donors (Lipinski definition) is 2. The van der Waals surface area contributed by atoms with E-state index in [4.69, 9.17) is 0 Å². The molecule has 106 valence electrons. The second-order valence-corrected chi connectivity index (χ2v) is 6.12. The van der Waals surface area contributed by atoms with Crippen LogP contribution < -0.4 is 5.32 Å². The highest BCUT2D eigenvalue weighted by molar-refractivity contribution is 9.10. The van der Waals surface area contributed by atoms with E-state index < -0.39 is 0 Å². The van der Waals surface area contributed by atoms with Crippen LogP contribution in [0.15, 0.2) is 53.0 Å². The van der Waals surface area contributed by atoms with E-state index >= 15 is 0 Å². The summed E-state index contributed by atoms with van der Waals surface area (Å²) in [6, 6.07) is 16.3. The Morgan fingerprint density at radius 2 is 1.50 bits per heavy atom. The summed E-state index contributed by atoms with van der Waals surface area (Å²) >= 11 is 3.42. The molecule has 2 aromatic rings. The van der Waals surface area contributed by atoms with E-state index in [-0.39, 0.29) is 12.6 Å². The molecule has 1 unspecified atom stereocenters. The van der Waals surface area contributed by atoms with Gasteiger partial charge >= 0.3 is 0 Å². The molecule has 1 atom stereocenters. The lowest BCUT2D eigenvalue weighted by Crippen LogP contribution is -2.14. The van der Waals surface area contributed by atoms with Crippen molar-refractivity contribution in [3.8, 4) is 0 Å². The van der Waals surface area contributed by atoms with Gasteiger partial charge in [0.2, 0.25) is 0 Å². The van der Waals surface area contributed by atoms with Gasteiger partial charge in [0.05, 0.1) is 12.6 Å². The van der Waals surface area contributed by atoms with Gasteiger partial charge in [0, 0.05) is 10.2 Å². The molecule has 0 amide bonds. The summed E-state index contributed by atoms with van der Waals surface area (Å²) in [4.78, 5) is 0. The van der Waals surface area contributed by atoms with E-state index in [2.05, 4.69) is 59.4 Å². The fourth-order valence-corrected chi connectivity index (χ4v) is 2.36. The minimum atomic E-state index is -0.0858. The molecule has 2 aromatic carbocycles. The molecule has 20 heavy (non-hydrogen) atoms. The van der Waals surface area contributed by atoms with Gasteiger partial charge in [0.15, 0.2) is 0 Å². The van der Waals surface area contributed by atoms with Crippen molar-refractivity contribution in [1.82, 2.24) is 0 Å².